The van der Waals surface area contributed by atoms with Crippen molar-refractivity contribution in [2.24, 2.45) is 0 Å². The van der Waals surface area contributed by atoms with E-state index in [1.54, 1.807) is 31.2 Å². The van der Waals surface area contributed by atoms with Gasteiger partial charge in [0.05, 0.1) is 29.0 Å². The number of nitrogens with one attached hydrogen (secondary N) is 2. The van der Waals surface area contributed by atoms with E-state index in [1.807, 2.05) is 4.72 Å². The van der Waals surface area contributed by atoms with Gasteiger partial charge in [0, 0.05) is 30.5 Å². The second-order valence-electron chi connectivity index (χ2n) is 10.2. The van der Waals surface area contributed by atoms with Crippen LogP contribution in [0.1, 0.15) is 29.5 Å². The van der Waals surface area contributed by atoms with Crippen LogP contribution < -0.4 is 29.4 Å². The number of anilines is 1. The number of nitrogens with zero attached hydrogens (tertiary/aromatic N) is 2. The third kappa shape index (κ3) is 7.37. The smallest absolute Gasteiger partial charge is 0.414 e. The molecule has 0 amide bonds. The zero-order valence-corrected chi connectivity index (χ0v) is 26.7. The minimum atomic E-state index is -4.22. The lowest BCUT2D eigenvalue weighted by Gasteiger charge is -2.13. The first-order valence-corrected chi connectivity index (χ1v) is 17.1. The normalized spacial score (nSPS) is 11.9. The Kier molecular flexibility index (Phi) is 9.78. The largest absolute Gasteiger partial charge is 0.493 e. The summed E-state index contributed by atoms with van der Waals surface area (Å²) in [4.78, 5) is 12.6. The molecular formula is C30H29FN4O10S2. The van der Waals surface area contributed by atoms with Crippen LogP contribution in [0.2, 0.25) is 0 Å². The Morgan fingerprint density at radius 1 is 0.979 bits per heavy atom. The molecule has 3 aromatic carbocycles. The fourth-order valence-electron chi connectivity index (χ4n) is 4.65. The van der Waals surface area contributed by atoms with Crippen LogP contribution in [0.4, 0.5) is 10.1 Å². The van der Waals surface area contributed by atoms with Gasteiger partial charge in [-0.25, -0.2) is 22.3 Å². The predicted octanol–water partition coefficient (Wildman–Crippen LogP) is 3.40. The summed E-state index contributed by atoms with van der Waals surface area (Å²) in [6.07, 6.45) is 0.759. The van der Waals surface area contributed by atoms with Crippen molar-refractivity contribution in [1.82, 2.24) is 9.88 Å². The third-order valence-electron chi connectivity index (χ3n) is 7.12. The minimum absolute atomic E-state index is 0.0205. The fraction of sp³-hybridized carbons (Fsp3) is 0.233. The third-order valence-corrected chi connectivity index (χ3v) is 9.87. The number of rotatable bonds is 14. The molecule has 2 heterocycles. The Bertz CT molecular complexity index is 2190. The van der Waals surface area contributed by atoms with E-state index < -0.39 is 42.4 Å². The van der Waals surface area contributed by atoms with Gasteiger partial charge in [-0.05, 0) is 66.1 Å². The first-order valence-electron chi connectivity index (χ1n) is 14.1. The van der Waals surface area contributed by atoms with Crippen molar-refractivity contribution in [1.29, 1.82) is 0 Å². The zero-order valence-electron chi connectivity index (χ0n) is 25.1. The SMILES string of the molecule is CNS(=O)(=O)Nc1cccc(Cc2c(C)c3ccc(OCCCCOc4no[n+]([O-])c4S(=O)(=O)c4ccccc4)cc3oc2=O)c1F. The van der Waals surface area contributed by atoms with Crippen LogP contribution in [0.25, 0.3) is 11.0 Å². The van der Waals surface area contributed by atoms with Gasteiger partial charge in [-0.15, -0.1) is 0 Å². The Morgan fingerprint density at radius 2 is 1.70 bits per heavy atom. The van der Waals surface area contributed by atoms with Crippen LogP contribution in [0, 0.1) is 17.9 Å². The van der Waals surface area contributed by atoms with E-state index in [4.69, 9.17) is 13.9 Å². The topological polar surface area (TPSA) is 194 Å². The lowest BCUT2D eigenvalue weighted by atomic mass is 9.99. The highest BCUT2D eigenvalue weighted by atomic mass is 32.2. The molecular weight excluding hydrogens is 659 g/mol. The van der Waals surface area contributed by atoms with Crippen LogP contribution >= 0.6 is 0 Å². The molecule has 0 saturated carbocycles. The summed E-state index contributed by atoms with van der Waals surface area (Å²) in [6, 6.07) is 16.5. The first-order chi connectivity index (χ1) is 22.4. The number of aromatic nitrogens is 2. The maximum atomic E-state index is 15.1. The molecule has 0 radical (unpaired) electrons. The van der Waals surface area contributed by atoms with Gasteiger partial charge >= 0.3 is 16.5 Å². The summed E-state index contributed by atoms with van der Waals surface area (Å²) in [5.74, 6) is -0.838. The van der Waals surface area contributed by atoms with Crippen molar-refractivity contribution < 1.29 is 44.6 Å². The Labute approximate surface area is 268 Å². The van der Waals surface area contributed by atoms with Crippen molar-refractivity contribution in [3.05, 3.63) is 105 Å². The Hall–Kier alpha value is -5.00. The highest BCUT2D eigenvalue weighted by molar-refractivity contribution is 7.91. The molecule has 47 heavy (non-hydrogen) atoms. The predicted molar refractivity (Wildman–Crippen MR) is 166 cm³/mol. The number of aryl methyl sites for hydroxylation is 1. The fourth-order valence-corrected chi connectivity index (χ4v) is 6.50. The molecule has 0 spiro atoms. The summed E-state index contributed by atoms with van der Waals surface area (Å²) < 4.78 is 89.8. The van der Waals surface area contributed by atoms with Crippen molar-refractivity contribution in [2.75, 3.05) is 25.0 Å². The van der Waals surface area contributed by atoms with Crippen LogP contribution in [0.3, 0.4) is 0 Å². The molecule has 5 rings (SSSR count). The molecule has 0 bridgehead atoms. The number of unbranched alkanes of at least 4 members (excludes halogenated alkanes) is 1. The van der Waals surface area contributed by atoms with Crippen molar-refractivity contribution in [2.45, 2.75) is 36.1 Å². The van der Waals surface area contributed by atoms with E-state index in [0.29, 0.717) is 29.5 Å². The number of hydrogen-bond donors (Lipinski definition) is 2. The van der Waals surface area contributed by atoms with Crippen molar-refractivity contribution in [3.63, 3.8) is 0 Å². The summed E-state index contributed by atoms with van der Waals surface area (Å²) in [5, 5.41) is 15.3. The molecule has 0 aliphatic rings. The molecule has 2 aromatic heterocycles. The van der Waals surface area contributed by atoms with Gasteiger partial charge in [0.2, 0.25) is 0 Å². The maximum absolute atomic E-state index is 15.1. The number of hydrogen-bond acceptors (Lipinski definition) is 11. The van der Waals surface area contributed by atoms with E-state index in [2.05, 4.69) is 14.5 Å². The molecule has 0 aliphatic heterocycles. The average molecular weight is 689 g/mol. The van der Waals surface area contributed by atoms with Gasteiger partial charge in [0.15, 0.2) is 5.82 Å². The highest BCUT2D eigenvalue weighted by Crippen LogP contribution is 2.28. The molecule has 0 unspecified atom stereocenters. The molecule has 248 valence electrons. The van der Waals surface area contributed by atoms with Crippen LogP contribution in [-0.2, 0) is 26.5 Å². The van der Waals surface area contributed by atoms with E-state index in [1.165, 1.54) is 49.5 Å². The number of benzene rings is 3. The quantitative estimate of drug-likeness (QED) is 0.0987. The van der Waals surface area contributed by atoms with E-state index in [9.17, 15) is 26.8 Å². The minimum Gasteiger partial charge on any atom is -0.493 e. The number of halogens is 1. The lowest BCUT2D eigenvalue weighted by Crippen LogP contribution is -2.31. The zero-order chi connectivity index (χ0) is 33.8. The van der Waals surface area contributed by atoms with E-state index >= 15 is 4.39 Å². The second kappa shape index (κ2) is 13.8. The standard InChI is InChI=1S/C30H29FN4O10S2/c1-19-23-14-13-21(18-26(23)44-30(36)24(19)17-20-9-8-12-25(27(20)31)34-47(40,41)32-2)42-15-6-7-16-43-28-29(35(37)45-33-28)46(38,39)22-10-4-3-5-11-22/h3-5,8-14,18,32,34H,6-7,15-17H2,1-2H3. The first kappa shape index (κ1) is 33.4. The van der Waals surface area contributed by atoms with Crippen LogP contribution in [-0.4, -0.2) is 42.3 Å². The maximum Gasteiger partial charge on any atom is 0.414 e. The average Bonchev–Trinajstić information content (AvgIpc) is 3.43. The monoisotopic (exact) mass is 688 g/mol. The van der Waals surface area contributed by atoms with Crippen LogP contribution in [0.15, 0.2) is 90.5 Å². The summed E-state index contributed by atoms with van der Waals surface area (Å²) in [5.41, 5.74) is 0.213. The number of fused-ring (bicyclic) bond motifs is 1. The molecule has 0 atom stereocenters. The molecule has 5 aromatic rings. The van der Waals surface area contributed by atoms with Gasteiger partial charge in [-0.2, -0.15) is 8.42 Å². The molecule has 2 N–H and O–H groups in total. The van der Waals surface area contributed by atoms with E-state index in [0.717, 1.165) is 0 Å². The number of sulfone groups is 1. The Balaban J connectivity index is 1.19. The van der Waals surface area contributed by atoms with Crippen LogP contribution in [0.5, 0.6) is 11.6 Å². The summed E-state index contributed by atoms with van der Waals surface area (Å²) in [6.45, 7) is 1.96. The van der Waals surface area contributed by atoms with Gasteiger partial charge in [-0.3, -0.25) is 9.35 Å². The summed E-state index contributed by atoms with van der Waals surface area (Å²) >= 11 is 0. The molecule has 17 heteroatoms. The van der Waals surface area contributed by atoms with E-state index in [-0.39, 0.29) is 51.8 Å². The summed E-state index contributed by atoms with van der Waals surface area (Å²) in [7, 11) is -6.98. The number of ether oxygens (including phenoxy) is 2. The van der Waals surface area contributed by atoms with Crippen molar-refractivity contribution >= 4 is 36.7 Å². The van der Waals surface area contributed by atoms with Gasteiger partial charge in [0.1, 0.15) is 11.3 Å². The van der Waals surface area contributed by atoms with Crippen molar-refractivity contribution in [3.8, 4) is 11.6 Å². The van der Waals surface area contributed by atoms with Gasteiger partial charge < -0.3 is 19.1 Å². The molecule has 0 aliphatic carbocycles. The molecule has 0 saturated heterocycles. The van der Waals surface area contributed by atoms with Gasteiger partial charge in [0.25, 0.3) is 20.0 Å². The lowest BCUT2D eigenvalue weighted by molar-refractivity contribution is -0.832. The van der Waals surface area contributed by atoms with Gasteiger partial charge in [-0.1, -0.05) is 30.3 Å². The molecule has 0 fully saturated rings. The molecule has 14 nitrogen and oxygen atoms in total. The highest BCUT2D eigenvalue weighted by Gasteiger charge is 2.35. The Morgan fingerprint density at radius 3 is 2.43 bits per heavy atom. The second-order valence-corrected chi connectivity index (χ2v) is 13.7.